The van der Waals surface area contributed by atoms with E-state index < -0.39 is 267 Å². The Morgan fingerprint density at radius 2 is 1.28 bits per heavy atom. The summed E-state index contributed by atoms with van der Waals surface area (Å²) in [6.07, 6.45) is -9.56. The van der Waals surface area contributed by atoms with Gasteiger partial charge in [0.05, 0.1) is 46.8 Å². The Morgan fingerprint density at radius 3 is 1.88 bits per heavy atom. The van der Waals surface area contributed by atoms with E-state index in [1.54, 1.807) is 27.7 Å². The number of carbonyl (C=O) groups excluding carboxylic acids is 7. The molecule has 656 valence electrons. The topological polar surface area (TPSA) is 598 Å². The highest BCUT2D eigenvalue weighted by Gasteiger charge is 2.52. The third-order valence-corrected chi connectivity index (χ3v) is 22.7. The number of carboxylic acids is 1. The van der Waals surface area contributed by atoms with Crippen molar-refractivity contribution in [2.45, 2.75) is 215 Å². The maximum Gasteiger partial charge on any atom is 0.339 e. The van der Waals surface area contributed by atoms with Crippen LogP contribution in [0.4, 0.5) is 0 Å². The van der Waals surface area contributed by atoms with E-state index in [1.165, 1.54) is 51.3 Å². The number of rotatable bonds is 29. The van der Waals surface area contributed by atoms with Crippen LogP contribution in [0, 0.1) is 5.92 Å². The number of aromatic hydroxyl groups is 3. The molecule has 5 aromatic carbocycles. The molecule has 18 atom stereocenters. The molecule has 0 aliphatic carbocycles. The van der Waals surface area contributed by atoms with Gasteiger partial charge in [0.15, 0.2) is 36.0 Å². The van der Waals surface area contributed by atoms with E-state index in [9.17, 15) is 84.6 Å². The number of aliphatic hydroxyl groups is 6. The van der Waals surface area contributed by atoms with Crippen molar-refractivity contribution in [1.82, 2.24) is 53.2 Å². The number of hydrogen-bond donors (Lipinski definition) is 23. The minimum atomic E-state index is -4.85. The van der Waals surface area contributed by atoms with Crippen LogP contribution in [0.1, 0.15) is 163 Å². The summed E-state index contributed by atoms with van der Waals surface area (Å²) < 4.78 is 51.3. The second kappa shape index (κ2) is 40.7. The monoisotopic (exact) mass is 1740 g/mol. The Morgan fingerprint density at radius 1 is 0.683 bits per heavy atom. The van der Waals surface area contributed by atoms with Crippen LogP contribution in [0.3, 0.4) is 0 Å². The number of likely N-dealkylation sites (N-methyl/N-ethyl adjacent to an activating group) is 1. The lowest BCUT2D eigenvalue weighted by atomic mass is 9.85. The zero-order valence-corrected chi connectivity index (χ0v) is 68.8. The number of carboxylic acid groups (broad SMARTS) is 1. The molecule has 0 aromatic heterocycles. The van der Waals surface area contributed by atoms with Crippen LogP contribution in [-0.4, -0.2) is 227 Å². The zero-order valence-electron chi connectivity index (χ0n) is 66.4. The molecular formula is C79H104Cl2N11O27P. The molecule has 0 saturated carbocycles. The highest BCUT2D eigenvalue weighted by molar-refractivity contribution is 7.51. The third kappa shape index (κ3) is 22.2. The lowest BCUT2D eigenvalue weighted by Crippen LogP contribution is -2.65. The van der Waals surface area contributed by atoms with Gasteiger partial charge in [-0.1, -0.05) is 107 Å². The lowest BCUT2D eigenvalue weighted by molar-refractivity contribution is -0.334. The summed E-state index contributed by atoms with van der Waals surface area (Å²) >= 11 is 14.3. The first-order valence-electron chi connectivity index (χ1n) is 39.3. The number of halogens is 2. The molecule has 41 heteroatoms. The summed E-state index contributed by atoms with van der Waals surface area (Å²) in [6.45, 7) is 8.94. The minimum Gasteiger partial charge on any atom is -0.507 e. The predicted molar refractivity (Wildman–Crippen MR) is 428 cm³/mol. The van der Waals surface area contributed by atoms with Gasteiger partial charge in [-0.2, -0.15) is 0 Å². The summed E-state index contributed by atoms with van der Waals surface area (Å²) in [5.74, 6) is -17.9. The Balaban J connectivity index is 1.16. The van der Waals surface area contributed by atoms with Gasteiger partial charge in [0, 0.05) is 48.3 Å². The molecule has 38 nitrogen and oxygen atoms in total. The molecule has 7 amide bonds. The molecule has 7 aliphatic heterocycles. The molecule has 11 bridgehead atoms. The number of hydrogen-bond acceptors (Lipinski definition) is 28. The Labute approximate surface area is 699 Å². The van der Waals surface area contributed by atoms with Crippen molar-refractivity contribution in [2.24, 2.45) is 11.7 Å². The normalized spacial score (nSPS) is 26.8. The van der Waals surface area contributed by atoms with Crippen LogP contribution in [-0.2, 0) is 63.7 Å². The van der Waals surface area contributed by atoms with E-state index >= 15 is 19.2 Å². The number of ether oxygens (including phenoxy) is 6. The molecule has 24 N–H and O–H groups in total. The number of nitrogens with two attached hydrogens (primary N) is 1. The Bertz CT molecular complexity index is 4630. The van der Waals surface area contributed by atoms with Gasteiger partial charge in [-0.05, 0) is 123 Å². The number of carbonyl (C=O) groups is 8. The summed E-state index contributed by atoms with van der Waals surface area (Å²) in [4.78, 5) is 138. The van der Waals surface area contributed by atoms with Gasteiger partial charge in [0.25, 0.3) is 5.91 Å². The molecule has 2 fully saturated rings. The quantitative estimate of drug-likeness (QED) is 0.0185. The first-order valence-corrected chi connectivity index (χ1v) is 41.8. The maximum atomic E-state index is 16.3. The van der Waals surface area contributed by atoms with Crippen LogP contribution in [0.2, 0.25) is 10.0 Å². The van der Waals surface area contributed by atoms with Crippen LogP contribution >= 0.6 is 30.8 Å². The molecule has 5 aromatic rings. The molecule has 2 saturated heterocycles. The number of phenols is 3. The van der Waals surface area contributed by atoms with E-state index in [4.69, 9.17) is 57.4 Å². The van der Waals surface area contributed by atoms with Crippen molar-refractivity contribution >= 4 is 78.1 Å². The van der Waals surface area contributed by atoms with Crippen molar-refractivity contribution < 1.29 is 132 Å². The van der Waals surface area contributed by atoms with Crippen molar-refractivity contribution in [3.05, 3.63) is 116 Å². The van der Waals surface area contributed by atoms with Crippen molar-refractivity contribution in [1.29, 1.82) is 0 Å². The second-order valence-corrected chi connectivity index (χ2v) is 33.4. The van der Waals surface area contributed by atoms with Crippen molar-refractivity contribution in [2.75, 3.05) is 39.6 Å². The number of fused-ring (bicyclic) bond motifs is 15. The summed E-state index contributed by atoms with van der Waals surface area (Å²) in [5, 5.41) is 143. The Kier molecular flexibility index (Phi) is 31.6. The van der Waals surface area contributed by atoms with Gasteiger partial charge in [-0.3, -0.25) is 38.1 Å². The number of aliphatic hydroxyl groups excluding tert-OH is 6. The highest BCUT2D eigenvalue weighted by atomic mass is 35.5. The van der Waals surface area contributed by atoms with Crippen LogP contribution in [0.5, 0.6) is 46.0 Å². The number of primary amides is 1. The fraction of sp³-hybridized carbons (Fsp3) is 0.519. The molecular weight excluding hydrogens is 1640 g/mol. The SMILES string of the molecule is CCCCCCCCCCNCCN[C@@]1(C)C[C@H](O[C@H]2[C@H](Oc3c4cc5cc3Oc3ccc(cc3Cl)[C@@H](O)C3NC(=O)[C@H](NC(=O)[C@@H]5NC(=O)C(C(N)=O)NC(=O)C(NC(=O)[C@@H](CC(C)C)NC)[C@H](O)c5ccc(c(Cl)c5)O4)c4ccc(O)c(c4)-c4c(cc(O)c(CNCP(=O)(O)O)c4O)[C@@H](C(=O)O)NC3=O)O[C@H](CO)[C@@H](O)[C@@H]2O)O[C@@H](C)[C@H]1O. The minimum absolute atomic E-state index is 0.132. The van der Waals surface area contributed by atoms with E-state index in [0.717, 1.165) is 86.5 Å². The summed E-state index contributed by atoms with van der Waals surface area (Å²) in [5.41, 5.74) is 0.571. The first-order chi connectivity index (χ1) is 56.8. The number of nitrogens with one attached hydrogen (secondary N) is 10. The van der Waals surface area contributed by atoms with Crippen LogP contribution in [0.25, 0.3) is 11.1 Å². The molecule has 12 rings (SSSR count). The van der Waals surface area contributed by atoms with Gasteiger partial charge >= 0.3 is 13.6 Å². The molecule has 7 heterocycles. The average Bonchev–Trinajstić information content (AvgIpc) is 0.760. The number of aliphatic carboxylic acids is 1. The standard InChI is InChI=1S/C79H104Cl2N11O27P/c1-7-8-9-10-11-12-13-14-21-84-22-23-86-79(5)31-54(114-36(4)69(79)101)118-68-66(100)65(99)53(33-93)117-78(68)119-67-51-28-40-29-52(67)116-50-20-17-39(27-45(50)81)63(97)60-74(106)89-58(77(109)110)42-30-48(95)43(32-85-34-120(111,112)113)64(98)55(42)41-25-37(15-18-47(41)94)56(72(104)91-60)87-73(105)57(40)88-76(108)61(70(82)102)92-75(107)59(90-71(103)46(83-6)24-35(2)3)62(96)38-16-19-49(115-51)44(80)26-38/h15-20,25-30,35-36,46,53-54,56-63,65-66,68-69,78,83-86,93-101H,7-14,21-24,31-34H2,1-6H3,(H2,82,102)(H,87,105)(H,88,108)(H,89,106)(H,90,103)(H,91,104)(H,92,107)(H,109,110)(H2,111,112,113)/t36-,46+,53+,54-,56+,57+,58-,59?,60?,61?,62+,63+,65+,66-,68+,69+,78-,79-/m0/s1. The van der Waals surface area contributed by atoms with Gasteiger partial charge in [-0.15, -0.1) is 0 Å². The number of benzene rings is 5. The third-order valence-electron chi connectivity index (χ3n) is 21.5. The van der Waals surface area contributed by atoms with E-state index in [1.807, 2.05) is 0 Å². The Hall–Kier alpha value is -9.13. The smallest absolute Gasteiger partial charge is 0.339 e. The molecule has 3 unspecified atom stereocenters. The van der Waals surface area contributed by atoms with Crippen LogP contribution < -0.4 is 73.1 Å². The molecule has 0 spiro atoms. The van der Waals surface area contributed by atoms with Crippen molar-refractivity contribution in [3.8, 4) is 57.1 Å². The maximum absolute atomic E-state index is 16.3. The van der Waals surface area contributed by atoms with E-state index in [2.05, 4.69) is 60.1 Å². The molecule has 120 heavy (non-hydrogen) atoms. The fourth-order valence-corrected chi connectivity index (χ4v) is 15.8. The predicted octanol–water partition coefficient (Wildman–Crippen LogP) is 2.30. The molecule has 7 aliphatic rings. The van der Waals surface area contributed by atoms with E-state index in [0.29, 0.717) is 13.1 Å². The highest BCUT2D eigenvalue weighted by Crippen LogP contribution is 2.51. The first kappa shape index (κ1) is 93.1. The lowest BCUT2D eigenvalue weighted by Gasteiger charge is -2.48. The second-order valence-electron chi connectivity index (χ2n) is 30.9. The van der Waals surface area contributed by atoms with Gasteiger partial charge in [-0.25, -0.2) is 4.79 Å². The van der Waals surface area contributed by atoms with Gasteiger partial charge in [0.1, 0.15) is 83.4 Å². The largest absolute Gasteiger partial charge is 0.507 e. The summed E-state index contributed by atoms with van der Waals surface area (Å²) in [6, 6.07) is -3.16. The van der Waals surface area contributed by atoms with Crippen molar-refractivity contribution in [3.63, 3.8) is 0 Å². The van der Waals surface area contributed by atoms with Gasteiger partial charge in [0.2, 0.25) is 47.5 Å². The number of phenolic OH excluding ortho intramolecular Hbond substituents is 3. The molecule has 0 radical (unpaired) electrons. The van der Waals surface area contributed by atoms with Gasteiger partial charge < -0.3 is 148 Å². The van der Waals surface area contributed by atoms with E-state index in [-0.39, 0.29) is 35.6 Å². The number of amides is 7. The average molecular weight is 1740 g/mol. The zero-order chi connectivity index (χ0) is 87.5. The summed E-state index contributed by atoms with van der Waals surface area (Å²) in [7, 11) is -3.39. The van der Waals surface area contributed by atoms with Crippen LogP contribution in [0.15, 0.2) is 72.8 Å². The fourth-order valence-electron chi connectivity index (χ4n) is 15.0. The number of unbranched alkanes of at least 4 members (excludes halogenated alkanes) is 7.